The Hall–Kier alpha value is -2.18. The Morgan fingerprint density at radius 3 is 2.86 bits per heavy atom. The van der Waals surface area contributed by atoms with Gasteiger partial charge in [-0.1, -0.05) is 24.3 Å². The third kappa shape index (κ3) is 3.68. The maximum absolute atomic E-state index is 12.1. The topological polar surface area (TPSA) is 86.5 Å². The Morgan fingerprint density at radius 1 is 1.38 bits per heavy atom. The van der Waals surface area contributed by atoms with Crippen molar-refractivity contribution in [2.24, 2.45) is 0 Å². The first-order chi connectivity index (χ1) is 10.2. The van der Waals surface area contributed by atoms with Gasteiger partial charge in [-0.05, 0) is 11.5 Å². The Bertz CT molecular complexity index is 631. The number of nitrogens with two attached hydrogens (primary N) is 1. The SMILES string of the molecule is COCC(CNC(=O)c1cc2ccccc2c(N)n1)OC. The van der Waals surface area contributed by atoms with Gasteiger partial charge in [0.25, 0.3) is 5.91 Å². The molecular formula is C15H19N3O3. The molecule has 112 valence electrons. The summed E-state index contributed by atoms with van der Waals surface area (Å²) < 4.78 is 10.2. The molecule has 1 aromatic heterocycles. The maximum atomic E-state index is 12.1. The molecule has 0 spiro atoms. The second kappa shape index (κ2) is 7.01. The van der Waals surface area contributed by atoms with Gasteiger partial charge in [0.15, 0.2) is 0 Å². The van der Waals surface area contributed by atoms with Gasteiger partial charge in [0, 0.05) is 26.2 Å². The summed E-state index contributed by atoms with van der Waals surface area (Å²) in [7, 11) is 3.15. The molecule has 3 N–H and O–H groups in total. The van der Waals surface area contributed by atoms with Gasteiger partial charge in [-0.2, -0.15) is 0 Å². The maximum Gasteiger partial charge on any atom is 0.270 e. The first kappa shape index (κ1) is 15.2. The van der Waals surface area contributed by atoms with Gasteiger partial charge in [-0.3, -0.25) is 4.79 Å². The van der Waals surface area contributed by atoms with Crippen molar-refractivity contribution in [2.75, 3.05) is 33.1 Å². The van der Waals surface area contributed by atoms with Crippen molar-refractivity contribution in [3.8, 4) is 0 Å². The molecule has 6 nitrogen and oxygen atoms in total. The molecule has 1 unspecified atom stereocenters. The zero-order valence-electron chi connectivity index (χ0n) is 12.1. The molecule has 0 aliphatic carbocycles. The van der Waals surface area contributed by atoms with Crippen LogP contribution in [0.4, 0.5) is 5.82 Å². The van der Waals surface area contributed by atoms with Crippen LogP contribution in [0.25, 0.3) is 10.8 Å². The lowest BCUT2D eigenvalue weighted by Gasteiger charge is -2.15. The summed E-state index contributed by atoms with van der Waals surface area (Å²) in [6, 6.07) is 9.27. The quantitative estimate of drug-likeness (QED) is 0.834. The van der Waals surface area contributed by atoms with Gasteiger partial charge in [0.1, 0.15) is 11.5 Å². The molecule has 0 aliphatic rings. The number of benzene rings is 1. The average molecular weight is 289 g/mol. The van der Waals surface area contributed by atoms with Gasteiger partial charge in [-0.15, -0.1) is 0 Å². The standard InChI is InChI=1S/C15H19N3O3/c1-20-9-11(21-2)8-17-15(19)13-7-10-5-3-4-6-12(10)14(16)18-13/h3-7,11H,8-9H2,1-2H3,(H2,16,18)(H,17,19). The fraction of sp³-hybridized carbons (Fsp3) is 0.333. The number of nitrogens with one attached hydrogen (secondary N) is 1. The molecule has 0 radical (unpaired) electrons. The molecular weight excluding hydrogens is 270 g/mol. The van der Waals surface area contributed by atoms with E-state index in [4.69, 9.17) is 15.2 Å². The highest BCUT2D eigenvalue weighted by molar-refractivity contribution is 5.99. The van der Waals surface area contributed by atoms with Gasteiger partial charge < -0.3 is 20.5 Å². The van der Waals surface area contributed by atoms with Crippen LogP contribution in [0.15, 0.2) is 30.3 Å². The second-order valence-corrected chi connectivity index (χ2v) is 4.64. The number of pyridine rings is 1. The number of nitrogens with zero attached hydrogens (tertiary/aromatic N) is 1. The number of anilines is 1. The molecule has 21 heavy (non-hydrogen) atoms. The van der Waals surface area contributed by atoms with Crippen molar-refractivity contribution in [1.29, 1.82) is 0 Å². The summed E-state index contributed by atoms with van der Waals surface area (Å²) in [5, 5.41) is 4.49. The molecule has 0 bridgehead atoms. The van der Waals surface area contributed by atoms with E-state index in [0.717, 1.165) is 10.8 Å². The van der Waals surface area contributed by atoms with Gasteiger partial charge in [-0.25, -0.2) is 4.98 Å². The van der Waals surface area contributed by atoms with Crippen LogP contribution >= 0.6 is 0 Å². The molecule has 0 aliphatic heterocycles. The summed E-state index contributed by atoms with van der Waals surface area (Å²) in [5.41, 5.74) is 6.18. The number of ether oxygens (including phenoxy) is 2. The van der Waals surface area contributed by atoms with E-state index in [1.54, 1.807) is 20.3 Å². The minimum absolute atomic E-state index is 0.197. The van der Waals surface area contributed by atoms with E-state index in [9.17, 15) is 4.79 Å². The van der Waals surface area contributed by atoms with Crippen molar-refractivity contribution in [1.82, 2.24) is 10.3 Å². The first-order valence-electron chi connectivity index (χ1n) is 6.61. The van der Waals surface area contributed by atoms with Gasteiger partial charge in [0.2, 0.25) is 0 Å². The summed E-state index contributed by atoms with van der Waals surface area (Å²) >= 11 is 0. The summed E-state index contributed by atoms with van der Waals surface area (Å²) in [4.78, 5) is 16.3. The molecule has 2 aromatic rings. The summed E-state index contributed by atoms with van der Waals surface area (Å²) in [6.45, 7) is 0.752. The average Bonchev–Trinajstić information content (AvgIpc) is 2.51. The number of aromatic nitrogens is 1. The third-order valence-electron chi connectivity index (χ3n) is 3.18. The molecule has 1 atom stereocenters. The number of carbonyl (C=O) groups is 1. The molecule has 0 saturated carbocycles. The molecule has 2 rings (SSSR count). The molecule has 6 heteroatoms. The fourth-order valence-corrected chi connectivity index (χ4v) is 2.04. The zero-order valence-corrected chi connectivity index (χ0v) is 12.1. The normalized spacial score (nSPS) is 12.3. The number of carbonyl (C=O) groups excluding carboxylic acids is 1. The molecule has 0 saturated heterocycles. The lowest BCUT2D eigenvalue weighted by Crippen LogP contribution is -2.36. The minimum Gasteiger partial charge on any atom is -0.383 e. The van der Waals surface area contributed by atoms with Gasteiger partial charge >= 0.3 is 0 Å². The van der Waals surface area contributed by atoms with Crippen molar-refractivity contribution in [3.63, 3.8) is 0 Å². The first-order valence-corrected chi connectivity index (χ1v) is 6.61. The van der Waals surface area contributed by atoms with Crippen molar-refractivity contribution >= 4 is 22.5 Å². The Balaban J connectivity index is 2.12. The van der Waals surface area contributed by atoms with E-state index >= 15 is 0 Å². The summed E-state index contributed by atoms with van der Waals surface area (Å²) in [6.07, 6.45) is -0.197. The number of nitrogen functional groups attached to an aromatic ring is 1. The predicted octanol–water partition coefficient (Wildman–Crippen LogP) is 1.21. The number of rotatable bonds is 6. The number of hydrogen-bond donors (Lipinski definition) is 2. The van der Waals surface area contributed by atoms with E-state index in [-0.39, 0.29) is 12.0 Å². The Labute approximate surface area is 123 Å². The summed E-state index contributed by atoms with van der Waals surface area (Å²) in [5.74, 6) is 0.0593. The van der Waals surface area contributed by atoms with Gasteiger partial charge in [0.05, 0.1) is 12.7 Å². The van der Waals surface area contributed by atoms with Crippen LogP contribution in [0.5, 0.6) is 0 Å². The van der Waals surface area contributed by atoms with Crippen LogP contribution in [0, 0.1) is 0 Å². The number of fused-ring (bicyclic) bond motifs is 1. The van der Waals surface area contributed by atoms with E-state index in [1.807, 2.05) is 24.3 Å². The lowest BCUT2D eigenvalue weighted by molar-refractivity contribution is 0.0285. The van der Waals surface area contributed by atoms with E-state index in [0.29, 0.717) is 24.7 Å². The largest absolute Gasteiger partial charge is 0.383 e. The minimum atomic E-state index is -0.286. The van der Waals surface area contributed by atoms with E-state index in [1.165, 1.54) is 0 Å². The third-order valence-corrected chi connectivity index (χ3v) is 3.18. The highest BCUT2D eigenvalue weighted by atomic mass is 16.5. The van der Waals surface area contributed by atoms with Crippen molar-refractivity contribution < 1.29 is 14.3 Å². The Kier molecular flexibility index (Phi) is 5.08. The van der Waals surface area contributed by atoms with E-state index < -0.39 is 0 Å². The Morgan fingerprint density at radius 2 is 2.14 bits per heavy atom. The van der Waals surface area contributed by atoms with Crippen LogP contribution in [-0.4, -0.2) is 44.4 Å². The van der Waals surface area contributed by atoms with Crippen LogP contribution in [0.3, 0.4) is 0 Å². The van der Waals surface area contributed by atoms with Crippen LogP contribution in [0.1, 0.15) is 10.5 Å². The van der Waals surface area contributed by atoms with Crippen LogP contribution in [-0.2, 0) is 9.47 Å². The number of hydrogen-bond acceptors (Lipinski definition) is 5. The van der Waals surface area contributed by atoms with Crippen LogP contribution in [0.2, 0.25) is 0 Å². The lowest BCUT2D eigenvalue weighted by atomic mass is 10.1. The molecule has 1 aromatic carbocycles. The van der Waals surface area contributed by atoms with Crippen molar-refractivity contribution in [3.05, 3.63) is 36.0 Å². The monoisotopic (exact) mass is 289 g/mol. The molecule has 0 fully saturated rings. The van der Waals surface area contributed by atoms with E-state index in [2.05, 4.69) is 10.3 Å². The highest BCUT2D eigenvalue weighted by Crippen LogP contribution is 2.19. The fourth-order valence-electron chi connectivity index (χ4n) is 2.04. The highest BCUT2D eigenvalue weighted by Gasteiger charge is 2.13. The number of methoxy groups -OCH3 is 2. The molecule has 1 amide bonds. The molecule has 1 heterocycles. The van der Waals surface area contributed by atoms with Crippen LogP contribution < -0.4 is 11.1 Å². The smallest absolute Gasteiger partial charge is 0.270 e. The zero-order chi connectivity index (χ0) is 15.2. The predicted molar refractivity (Wildman–Crippen MR) is 81.2 cm³/mol. The number of amides is 1. The van der Waals surface area contributed by atoms with Crippen molar-refractivity contribution in [2.45, 2.75) is 6.10 Å². The second-order valence-electron chi connectivity index (χ2n) is 4.64.